The Morgan fingerprint density at radius 2 is 0.893 bits per heavy atom. The monoisotopic (exact) mass is 453 g/mol. The summed E-state index contributed by atoms with van der Waals surface area (Å²) in [5.41, 5.74) is 6.05. The number of nitrogens with zero attached hydrogens (tertiary/aromatic N) is 2. The molecule has 4 aromatic carbocycles. The summed E-state index contributed by atoms with van der Waals surface area (Å²) in [4.78, 5) is 9.92. The van der Waals surface area contributed by atoms with Crippen molar-refractivity contribution in [3.63, 3.8) is 0 Å². The molecule has 0 unspecified atom stereocenters. The Morgan fingerprint density at radius 3 is 1.32 bits per heavy atom. The van der Waals surface area contributed by atoms with Gasteiger partial charge in [-0.2, -0.15) is 0 Å². The zero-order chi connectivity index (χ0) is 17.3. The first-order chi connectivity index (χ1) is 12.9. The zero-order valence-electron chi connectivity index (χ0n) is 15.4. The number of para-hydroxylation sites is 2. The normalized spacial score (nSPS) is 14.7. The van der Waals surface area contributed by atoms with E-state index in [4.69, 9.17) is 9.98 Å². The Kier molecular flexibility index (Phi) is 6.00. The SMILES string of the molecule is [CH3-].[Pd].c1ccc(N=C2C(=Nc3ccccc3)c3cccc4cccc2c34)cc1. The van der Waals surface area contributed by atoms with Crippen LogP contribution in [0.5, 0.6) is 0 Å². The van der Waals surface area contributed by atoms with Crippen molar-refractivity contribution in [1.82, 2.24) is 0 Å². The maximum atomic E-state index is 4.96. The molecule has 0 saturated carbocycles. The van der Waals surface area contributed by atoms with E-state index in [1.54, 1.807) is 0 Å². The van der Waals surface area contributed by atoms with Crippen LogP contribution in [0.4, 0.5) is 11.4 Å². The minimum atomic E-state index is 0. The molecule has 140 valence electrons. The number of rotatable bonds is 2. The van der Waals surface area contributed by atoms with E-state index in [1.807, 2.05) is 60.7 Å². The predicted molar refractivity (Wildman–Crippen MR) is 116 cm³/mol. The predicted octanol–water partition coefficient (Wildman–Crippen LogP) is 6.54. The van der Waals surface area contributed by atoms with Crippen molar-refractivity contribution in [2.75, 3.05) is 0 Å². The van der Waals surface area contributed by atoms with Crippen molar-refractivity contribution in [2.24, 2.45) is 9.98 Å². The molecule has 0 radical (unpaired) electrons. The van der Waals surface area contributed by atoms with Crippen LogP contribution in [0.25, 0.3) is 10.8 Å². The van der Waals surface area contributed by atoms with E-state index in [-0.39, 0.29) is 27.8 Å². The molecule has 0 saturated heterocycles. The van der Waals surface area contributed by atoms with Gasteiger partial charge < -0.3 is 7.43 Å². The topological polar surface area (TPSA) is 24.7 Å². The van der Waals surface area contributed by atoms with Crippen LogP contribution >= 0.6 is 0 Å². The molecule has 0 amide bonds. The van der Waals surface area contributed by atoms with Gasteiger partial charge in [-0.25, -0.2) is 9.98 Å². The summed E-state index contributed by atoms with van der Waals surface area (Å²) in [5, 5.41) is 2.46. The van der Waals surface area contributed by atoms with Crippen LogP contribution in [0.15, 0.2) is 107 Å². The van der Waals surface area contributed by atoms with Gasteiger partial charge in [0.2, 0.25) is 0 Å². The first-order valence-corrected chi connectivity index (χ1v) is 8.70. The summed E-state index contributed by atoms with van der Waals surface area (Å²) < 4.78 is 0. The van der Waals surface area contributed by atoms with E-state index >= 15 is 0 Å². The minimum Gasteiger partial charge on any atom is -0.358 e. The van der Waals surface area contributed by atoms with Crippen molar-refractivity contribution >= 4 is 33.6 Å². The van der Waals surface area contributed by atoms with Crippen LogP contribution in [0, 0.1) is 7.43 Å². The van der Waals surface area contributed by atoms with Gasteiger partial charge in [0.05, 0.1) is 22.8 Å². The molecule has 0 aromatic heterocycles. The first-order valence-electron chi connectivity index (χ1n) is 8.70. The third-order valence-corrected chi connectivity index (χ3v) is 4.63. The van der Waals surface area contributed by atoms with Gasteiger partial charge in [0.1, 0.15) is 0 Å². The molecular formula is C25H19N2Pd-. The fourth-order valence-corrected chi connectivity index (χ4v) is 3.48. The maximum Gasteiger partial charge on any atom is 0.0978 e. The van der Waals surface area contributed by atoms with Crippen LogP contribution in [-0.2, 0) is 20.4 Å². The molecule has 2 nitrogen and oxygen atoms in total. The fraction of sp³-hybridized carbons (Fsp3) is 0. The Hall–Kier alpha value is -2.86. The largest absolute Gasteiger partial charge is 0.358 e. The second-order valence-corrected chi connectivity index (χ2v) is 6.30. The molecule has 0 atom stereocenters. The summed E-state index contributed by atoms with van der Waals surface area (Å²) in [6.07, 6.45) is 0. The molecule has 0 aliphatic heterocycles. The standard InChI is InChI=1S/C24H16N2.CH3.Pd/c1-3-11-18(12-4-1)25-23-20-15-7-9-17-10-8-16-21(22(17)20)24(23)26-19-13-5-2-6-14-19;;/h1-16H;1H3;/q;-1;. The van der Waals surface area contributed by atoms with E-state index < -0.39 is 0 Å². The molecule has 0 fully saturated rings. The van der Waals surface area contributed by atoms with Crippen LogP contribution in [0.3, 0.4) is 0 Å². The van der Waals surface area contributed by atoms with Crippen molar-refractivity contribution in [1.29, 1.82) is 0 Å². The van der Waals surface area contributed by atoms with Crippen molar-refractivity contribution < 1.29 is 20.4 Å². The van der Waals surface area contributed by atoms with Crippen LogP contribution in [-0.4, -0.2) is 11.4 Å². The number of benzene rings is 4. The Balaban J connectivity index is 0.00000112. The molecule has 3 heteroatoms. The molecule has 0 bridgehead atoms. The van der Waals surface area contributed by atoms with Crippen LogP contribution in [0.1, 0.15) is 11.1 Å². The Labute approximate surface area is 179 Å². The number of hydrogen-bond donors (Lipinski definition) is 0. The second kappa shape index (κ2) is 8.44. The second-order valence-electron chi connectivity index (χ2n) is 6.30. The summed E-state index contributed by atoms with van der Waals surface area (Å²) in [6, 6.07) is 32.9. The van der Waals surface area contributed by atoms with Crippen LogP contribution < -0.4 is 0 Å². The van der Waals surface area contributed by atoms with Crippen molar-refractivity contribution in [3.8, 4) is 0 Å². The number of hydrogen-bond acceptors (Lipinski definition) is 2. The van der Waals surface area contributed by atoms with E-state index in [0.717, 1.165) is 33.9 Å². The quantitative estimate of drug-likeness (QED) is 0.243. The summed E-state index contributed by atoms with van der Waals surface area (Å²) in [5.74, 6) is 0. The summed E-state index contributed by atoms with van der Waals surface area (Å²) in [7, 11) is 0. The van der Waals surface area contributed by atoms with Gasteiger partial charge in [0.15, 0.2) is 0 Å². The van der Waals surface area contributed by atoms with Crippen molar-refractivity contribution in [2.45, 2.75) is 0 Å². The average molecular weight is 454 g/mol. The third-order valence-electron chi connectivity index (χ3n) is 4.63. The third kappa shape index (κ3) is 3.47. The molecule has 0 N–H and O–H groups in total. The molecule has 1 aliphatic rings. The van der Waals surface area contributed by atoms with Crippen molar-refractivity contribution in [3.05, 3.63) is 116 Å². The maximum absolute atomic E-state index is 4.96. The zero-order valence-corrected chi connectivity index (χ0v) is 17.0. The Bertz CT molecular complexity index is 1070. The molecule has 28 heavy (non-hydrogen) atoms. The first kappa shape index (κ1) is 19.9. The molecular weight excluding hydrogens is 435 g/mol. The molecule has 1 aliphatic carbocycles. The van der Waals surface area contributed by atoms with Gasteiger partial charge in [-0.3, -0.25) is 0 Å². The van der Waals surface area contributed by atoms with Gasteiger partial charge in [-0.1, -0.05) is 72.8 Å². The smallest absolute Gasteiger partial charge is 0.0978 e. The molecule has 5 rings (SSSR count). The summed E-state index contributed by atoms with van der Waals surface area (Å²) >= 11 is 0. The van der Waals surface area contributed by atoms with E-state index in [0.29, 0.717) is 0 Å². The average Bonchev–Trinajstić information content (AvgIpc) is 2.99. The van der Waals surface area contributed by atoms with Crippen LogP contribution in [0.2, 0.25) is 0 Å². The number of aliphatic imine (C=N–C) groups is 2. The van der Waals surface area contributed by atoms with Gasteiger partial charge >= 0.3 is 0 Å². The molecule has 0 heterocycles. The van der Waals surface area contributed by atoms with Gasteiger partial charge in [-0.15, -0.1) is 0 Å². The minimum absolute atomic E-state index is 0. The van der Waals surface area contributed by atoms with E-state index in [9.17, 15) is 0 Å². The van der Waals surface area contributed by atoms with Gasteiger partial charge in [-0.05, 0) is 29.7 Å². The molecule has 4 aromatic rings. The van der Waals surface area contributed by atoms with Gasteiger partial charge in [0, 0.05) is 36.9 Å². The fourth-order valence-electron chi connectivity index (χ4n) is 3.48. The summed E-state index contributed by atoms with van der Waals surface area (Å²) in [6.45, 7) is 0. The Morgan fingerprint density at radius 1 is 0.464 bits per heavy atom. The molecule has 0 spiro atoms. The van der Waals surface area contributed by atoms with E-state index in [2.05, 4.69) is 36.4 Å². The van der Waals surface area contributed by atoms with E-state index in [1.165, 1.54) is 10.8 Å². The van der Waals surface area contributed by atoms with Gasteiger partial charge in [0.25, 0.3) is 0 Å².